The quantitative estimate of drug-likeness (QED) is 0.773. The van der Waals surface area contributed by atoms with Crippen molar-refractivity contribution in [3.05, 3.63) is 34.8 Å². The van der Waals surface area contributed by atoms with Crippen LogP contribution in [-0.2, 0) is 0 Å². The standard InChI is InChI=1S/C9H8ClN3S/c10-7-2-1-6(5-8(7)11)13-9-12-3-4-14-9/h1-5H,11H2,(H,12,13). The van der Waals surface area contributed by atoms with Crippen molar-refractivity contribution < 1.29 is 0 Å². The van der Waals surface area contributed by atoms with Crippen molar-refractivity contribution in [1.82, 2.24) is 4.98 Å². The Bertz CT molecular complexity index is 428. The van der Waals surface area contributed by atoms with Gasteiger partial charge in [0.15, 0.2) is 5.13 Å². The number of thiazole rings is 1. The van der Waals surface area contributed by atoms with Gasteiger partial charge in [0.1, 0.15) is 0 Å². The Hall–Kier alpha value is -1.26. The molecular weight excluding hydrogens is 218 g/mol. The number of nitrogens with zero attached hydrogens (tertiary/aromatic N) is 1. The van der Waals surface area contributed by atoms with Gasteiger partial charge in [-0.1, -0.05) is 11.6 Å². The minimum absolute atomic E-state index is 0.563. The van der Waals surface area contributed by atoms with Gasteiger partial charge < -0.3 is 11.1 Å². The molecule has 0 aliphatic heterocycles. The number of aromatic nitrogens is 1. The first-order chi connectivity index (χ1) is 6.75. The maximum atomic E-state index is 5.80. The van der Waals surface area contributed by atoms with Crippen LogP contribution in [0.15, 0.2) is 29.8 Å². The second kappa shape index (κ2) is 3.86. The molecule has 0 unspecified atom stereocenters. The maximum Gasteiger partial charge on any atom is 0.187 e. The Balaban J connectivity index is 2.22. The van der Waals surface area contributed by atoms with Gasteiger partial charge in [0.25, 0.3) is 0 Å². The smallest absolute Gasteiger partial charge is 0.187 e. The van der Waals surface area contributed by atoms with Gasteiger partial charge in [-0.15, -0.1) is 11.3 Å². The first-order valence-electron chi connectivity index (χ1n) is 3.97. The fourth-order valence-corrected chi connectivity index (χ4v) is 1.70. The summed E-state index contributed by atoms with van der Waals surface area (Å²) in [5, 5.41) is 6.43. The molecule has 0 aliphatic carbocycles. The van der Waals surface area contributed by atoms with E-state index in [1.54, 1.807) is 18.3 Å². The molecule has 0 amide bonds. The highest BCUT2D eigenvalue weighted by Gasteiger charge is 1.99. The predicted octanol–water partition coefficient (Wildman–Crippen LogP) is 3.12. The van der Waals surface area contributed by atoms with Crippen molar-refractivity contribution in [3.8, 4) is 0 Å². The number of anilines is 3. The summed E-state index contributed by atoms with van der Waals surface area (Å²) < 4.78 is 0. The van der Waals surface area contributed by atoms with Gasteiger partial charge in [0.05, 0.1) is 10.7 Å². The zero-order valence-corrected chi connectivity index (χ0v) is 8.77. The summed E-state index contributed by atoms with van der Waals surface area (Å²) in [6.07, 6.45) is 1.74. The van der Waals surface area contributed by atoms with Gasteiger partial charge in [0.2, 0.25) is 0 Å². The molecular formula is C9H8ClN3S. The van der Waals surface area contributed by atoms with Crippen molar-refractivity contribution in [3.63, 3.8) is 0 Å². The summed E-state index contributed by atoms with van der Waals surface area (Å²) in [6.45, 7) is 0. The Morgan fingerprint density at radius 3 is 2.93 bits per heavy atom. The van der Waals surface area contributed by atoms with E-state index in [2.05, 4.69) is 10.3 Å². The van der Waals surface area contributed by atoms with Gasteiger partial charge >= 0.3 is 0 Å². The molecule has 0 atom stereocenters. The molecule has 0 saturated carbocycles. The van der Waals surface area contributed by atoms with Crippen molar-refractivity contribution >= 4 is 39.4 Å². The molecule has 1 aromatic heterocycles. The number of nitrogens with two attached hydrogens (primary N) is 1. The van der Waals surface area contributed by atoms with E-state index in [1.807, 2.05) is 11.4 Å². The highest BCUT2D eigenvalue weighted by molar-refractivity contribution is 7.13. The van der Waals surface area contributed by atoms with Crippen LogP contribution in [0.5, 0.6) is 0 Å². The second-order valence-electron chi connectivity index (χ2n) is 2.70. The molecule has 3 nitrogen and oxygen atoms in total. The zero-order valence-electron chi connectivity index (χ0n) is 7.20. The monoisotopic (exact) mass is 225 g/mol. The fourth-order valence-electron chi connectivity index (χ4n) is 1.03. The van der Waals surface area contributed by atoms with Gasteiger partial charge in [0, 0.05) is 17.3 Å². The number of nitrogen functional groups attached to an aromatic ring is 1. The number of hydrogen-bond donors (Lipinski definition) is 2. The number of hydrogen-bond acceptors (Lipinski definition) is 4. The summed E-state index contributed by atoms with van der Waals surface area (Å²) in [5.74, 6) is 0. The van der Waals surface area contributed by atoms with E-state index in [-0.39, 0.29) is 0 Å². The van der Waals surface area contributed by atoms with Crippen LogP contribution in [-0.4, -0.2) is 4.98 Å². The molecule has 5 heteroatoms. The third kappa shape index (κ3) is 1.97. The Morgan fingerprint density at radius 2 is 2.29 bits per heavy atom. The highest BCUT2D eigenvalue weighted by atomic mass is 35.5. The molecule has 2 aromatic rings. The summed E-state index contributed by atoms with van der Waals surface area (Å²) in [4.78, 5) is 4.10. The first-order valence-corrected chi connectivity index (χ1v) is 5.23. The van der Waals surface area contributed by atoms with Crippen molar-refractivity contribution in [2.75, 3.05) is 11.1 Å². The maximum absolute atomic E-state index is 5.80. The highest BCUT2D eigenvalue weighted by Crippen LogP contribution is 2.25. The molecule has 0 radical (unpaired) electrons. The van der Waals surface area contributed by atoms with E-state index in [0.29, 0.717) is 10.7 Å². The average Bonchev–Trinajstić information content (AvgIpc) is 2.64. The lowest BCUT2D eigenvalue weighted by molar-refractivity contribution is 1.39. The SMILES string of the molecule is Nc1cc(Nc2nccs2)ccc1Cl. The topological polar surface area (TPSA) is 50.9 Å². The van der Waals surface area contributed by atoms with E-state index in [4.69, 9.17) is 17.3 Å². The molecule has 1 heterocycles. The van der Waals surface area contributed by atoms with E-state index >= 15 is 0 Å². The molecule has 0 fully saturated rings. The van der Waals surface area contributed by atoms with Gasteiger partial charge in [-0.2, -0.15) is 0 Å². The summed E-state index contributed by atoms with van der Waals surface area (Å²) in [5.41, 5.74) is 7.11. The minimum Gasteiger partial charge on any atom is -0.397 e. The Labute approximate surface area is 90.5 Å². The van der Waals surface area contributed by atoms with Crippen molar-refractivity contribution in [2.45, 2.75) is 0 Å². The lowest BCUT2D eigenvalue weighted by Gasteiger charge is -2.04. The van der Waals surface area contributed by atoms with Crippen LogP contribution in [0.25, 0.3) is 0 Å². The molecule has 1 aromatic carbocycles. The van der Waals surface area contributed by atoms with E-state index in [0.717, 1.165) is 10.8 Å². The summed E-state index contributed by atoms with van der Waals surface area (Å²) in [7, 11) is 0. The normalized spacial score (nSPS) is 10.1. The molecule has 72 valence electrons. The van der Waals surface area contributed by atoms with Crippen LogP contribution in [0.3, 0.4) is 0 Å². The third-order valence-corrected chi connectivity index (χ3v) is 2.71. The second-order valence-corrected chi connectivity index (χ2v) is 4.00. The molecule has 3 N–H and O–H groups in total. The van der Waals surface area contributed by atoms with E-state index < -0.39 is 0 Å². The largest absolute Gasteiger partial charge is 0.397 e. The number of nitrogens with one attached hydrogen (secondary N) is 1. The van der Waals surface area contributed by atoms with Gasteiger partial charge in [-0.25, -0.2) is 4.98 Å². The molecule has 0 aliphatic rings. The third-order valence-electron chi connectivity index (χ3n) is 1.68. The summed E-state index contributed by atoms with van der Waals surface area (Å²) in [6, 6.07) is 5.40. The molecule has 0 bridgehead atoms. The first kappa shape index (κ1) is 9.30. The Morgan fingerprint density at radius 1 is 1.43 bits per heavy atom. The van der Waals surface area contributed by atoms with Crippen LogP contribution in [0.1, 0.15) is 0 Å². The predicted molar refractivity (Wildman–Crippen MR) is 61.3 cm³/mol. The van der Waals surface area contributed by atoms with Crippen LogP contribution in [0.4, 0.5) is 16.5 Å². The Kier molecular flexibility index (Phi) is 2.56. The summed E-state index contributed by atoms with van der Waals surface area (Å²) >= 11 is 7.33. The molecule has 14 heavy (non-hydrogen) atoms. The zero-order chi connectivity index (χ0) is 9.97. The van der Waals surface area contributed by atoms with Crippen LogP contribution < -0.4 is 11.1 Å². The van der Waals surface area contributed by atoms with Gasteiger partial charge in [-0.05, 0) is 18.2 Å². The lowest BCUT2D eigenvalue weighted by Crippen LogP contribution is -1.92. The van der Waals surface area contributed by atoms with Crippen molar-refractivity contribution in [1.29, 1.82) is 0 Å². The van der Waals surface area contributed by atoms with E-state index in [9.17, 15) is 0 Å². The fraction of sp³-hybridized carbons (Fsp3) is 0. The number of benzene rings is 1. The van der Waals surface area contributed by atoms with Crippen LogP contribution in [0.2, 0.25) is 5.02 Å². The number of halogens is 1. The average molecular weight is 226 g/mol. The van der Waals surface area contributed by atoms with E-state index in [1.165, 1.54) is 11.3 Å². The van der Waals surface area contributed by atoms with Crippen LogP contribution >= 0.6 is 22.9 Å². The minimum atomic E-state index is 0.563. The molecule has 0 saturated heterocycles. The van der Waals surface area contributed by atoms with Crippen molar-refractivity contribution in [2.24, 2.45) is 0 Å². The lowest BCUT2D eigenvalue weighted by atomic mass is 10.3. The number of rotatable bonds is 2. The van der Waals surface area contributed by atoms with Gasteiger partial charge in [-0.3, -0.25) is 0 Å². The van der Waals surface area contributed by atoms with Crippen LogP contribution in [0, 0.1) is 0 Å². The molecule has 0 spiro atoms. The molecule has 2 rings (SSSR count).